The van der Waals surface area contributed by atoms with E-state index in [4.69, 9.17) is 29.7 Å². The second-order valence-electron chi connectivity index (χ2n) is 10.1. The molecule has 5 rings (SSSR count). The Morgan fingerprint density at radius 3 is 2.50 bits per heavy atom. The molecular formula is C28H31N7O5. The SMILES string of the molecule is COc1ccc(-c2cc3cnc(Nc4ccc5c(c4)OC(CN)O5)nc3nc2NC(=O)NC(C)(C)C)cc1OC. The molecule has 1 aliphatic heterocycles. The number of anilines is 3. The lowest BCUT2D eigenvalue weighted by Crippen LogP contribution is -2.43. The van der Waals surface area contributed by atoms with Gasteiger partial charge in [0.2, 0.25) is 5.95 Å². The molecule has 0 saturated carbocycles. The molecule has 1 aliphatic rings. The standard InChI is InChI=1S/C28H31N7O5/c1-28(2,3)35-27(36)34-25-18(15-6-8-19(37-4)21(11-15)38-5)10-16-14-30-26(33-24(16)32-25)31-17-7-9-20-22(12-17)40-23(13-29)39-20/h6-12,14,23H,13,29H2,1-5H3,(H3,30,31,32,33,34,35,36). The van der Waals surface area contributed by atoms with Crippen molar-refractivity contribution in [3.05, 3.63) is 48.7 Å². The second-order valence-corrected chi connectivity index (χ2v) is 10.1. The normalized spacial score (nSPS) is 14.1. The fourth-order valence-corrected chi connectivity index (χ4v) is 4.13. The van der Waals surface area contributed by atoms with Gasteiger partial charge in [-0.1, -0.05) is 6.07 Å². The average molecular weight is 546 g/mol. The molecular weight excluding hydrogens is 514 g/mol. The largest absolute Gasteiger partial charge is 0.493 e. The minimum atomic E-state index is -0.507. The number of carbonyl (C=O) groups is 1. The number of hydrogen-bond acceptors (Lipinski definition) is 10. The summed E-state index contributed by atoms with van der Waals surface area (Å²) in [7, 11) is 3.14. The van der Waals surface area contributed by atoms with E-state index in [0.717, 1.165) is 5.56 Å². The quantitative estimate of drug-likeness (QED) is 0.262. The monoisotopic (exact) mass is 545 g/mol. The van der Waals surface area contributed by atoms with Crippen LogP contribution in [0.15, 0.2) is 48.7 Å². The molecule has 0 aliphatic carbocycles. The number of carbonyl (C=O) groups excluding carboxylic acids is 1. The fourth-order valence-electron chi connectivity index (χ4n) is 4.13. The van der Waals surface area contributed by atoms with Gasteiger partial charge < -0.3 is 35.3 Å². The Balaban J connectivity index is 1.51. The Morgan fingerprint density at radius 2 is 1.77 bits per heavy atom. The summed E-state index contributed by atoms with van der Waals surface area (Å²) in [6, 6.07) is 12.3. The minimum Gasteiger partial charge on any atom is -0.493 e. The van der Waals surface area contributed by atoms with Gasteiger partial charge in [-0.05, 0) is 56.7 Å². The van der Waals surface area contributed by atoms with E-state index in [-0.39, 0.29) is 6.54 Å². The van der Waals surface area contributed by atoms with Crippen LogP contribution in [0.25, 0.3) is 22.2 Å². The molecule has 40 heavy (non-hydrogen) atoms. The zero-order valence-corrected chi connectivity index (χ0v) is 22.9. The first-order valence-corrected chi connectivity index (χ1v) is 12.6. The maximum Gasteiger partial charge on any atom is 0.320 e. The van der Waals surface area contributed by atoms with E-state index < -0.39 is 17.9 Å². The number of aromatic nitrogens is 3. The van der Waals surface area contributed by atoms with Crippen molar-refractivity contribution in [3.8, 4) is 34.1 Å². The summed E-state index contributed by atoms with van der Waals surface area (Å²) in [6.45, 7) is 5.93. The number of hydrogen-bond donors (Lipinski definition) is 4. The predicted molar refractivity (Wildman–Crippen MR) is 152 cm³/mol. The van der Waals surface area contributed by atoms with E-state index in [1.165, 1.54) is 0 Å². The molecule has 12 heteroatoms. The molecule has 0 saturated heterocycles. The number of methoxy groups -OCH3 is 2. The molecule has 12 nitrogen and oxygen atoms in total. The van der Waals surface area contributed by atoms with Crippen molar-refractivity contribution in [2.75, 3.05) is 31.4 Å². The van der Waals surface area contributed by atoms with E-state index in [2.05, 4.69) is 25.9 Å². The highest BCUT2D eigenvalue weighted by Gasteiger charge is 2.23. The smallest absolute Gasteiger partial charge is 0.320 e. The molecule has 5 N–H and O–H groups in total. The number of nitrogens with zero attached hydrogens (tertiary/aromatic N) is 3. The van der Waals surface area contributed by atoms with Crippen molar-refractivity contribution in [2.45, 2.75) is 32.6 Å². The van der Waals surface area contributed by atoms with Crippen molar-refractivity contribution in [3.63, 3.8) is 0 Å². The molecule has 2 amide bonds. The highest BCUT2D eigenvalue weighted by molar-refractivity contribution is 5.96. The van der Waals surface area contributed by atoms with Crippen LogP contribution in [0.3, 0.4) is 0 Å². The maximum atomic E-state index is 12.8. The van der Waals surface area contributed by atoms with Crippen molar-refractivity contribution in [1.29, 1.82) is 0 Å². The van der Waals surface area contributed by atoms with E-state index in [1.807, 2.05) is 45.0 Å². The number of fused-ring (bicyclic) bond motifs is 2. The third-order valence-corrected chi connectivity index (χ3v) is 5.89. The first kappa shape index (κ1) is 26.8. The lowest BCUT2D eigenvalue weighted by atomic mass is 10.0. The Kier molecular flexibility index (Phi) is 7.18. The van der Waals surface area contributed by atoms with Crippen molar-refractivity contribution in [2.24, 2.45) is 5.73 Å². The third kappa shape index (κ3) is 5.76. The number of urea groups is 1. The van der Waals surface area contributed by atoms with Gasteiger partial charge in [0.15, 0.2) is 28.6 Å². The number of nitrogens with one attached hydrogen (secondary N) is 3. The van der Waals surface area contributed by atoms with Crippen LogP contribution in [0.4, 0.5) is 22.2 Å². The van der Waals surface area contributed by atoms with Crippen LogP contribution in [0.1, 0.15) is 20.8 Å². The van der Waals surface area contributed by atoms with Crippen LogP contribution >= 0.6 is 0 Å². The molecule has 1 unspecified atom stereocenters. The number of pyridine rings is 1. The van der Waals surface area contributed by atoms with E-state index in [0.29, 0.717) is 57.0 Å². The van der Waals surface area contributed by atoms with Crippen LogP contribution in [0, 0.1) is 0 Å². The number of amides is 2. The summed E-state index contributed by atoms with van der Waals surface area (Å²) >= 11 is 0. The number of benzene rings is 2. The van der Waals surface area contributed by atoms with Gasteiger partial charge in [-0.3, -0.25) is 5.32 Å². The summed E-state index contributed by atoms with van der Waals surface area (Å²) in [5.41, 5.74) is 7.70. The fraction of sp³-hybridized carbons (Fsp3) is 0.286. The lowest BCUT2D eigenvalue weighted by Gasteiger charge is -2.21. The summed E-state index contributed by atoms with van der Waals surface area (Å²) in [6.07, 6.45) is 1.16. The molecule has 4 aromatic rings. The van der Waals surface area contributed by atoms with Gasteiger partial charge in [0, 0.05) is 34.4 Å². The summed E-state index contributed by atoms with van der Waals surface area (Å²) in [4.78, 5) is 26.6. The number of ether oxygens (including phenoxy) is 4. The first-order valence-electron chi connectivity index (χ1n) is 12.6. The van der Waals surface area contributed by atoms with Crippen molar-refractivity contribution in [1.82, 2.24) is 20.3 Å². The van der Waals surface area contributed by atoms with Gasteiger partial charge in [0.25, 0.3) is 6.29 Å². The van der Waals surface area contributed by atoms with Crippen molar-refractivity contribution < 1.29 is 23.7 Å². The molecule has 208 valence electrons. The molecule has 2 aromatic heterocycles. The number of nitrogens with two attached hydrogens (primary N) is 1. The first-order chi connectivity index (χ1) is 19.1. The Hall–Kier alpha value is -4.84. The van der Waals surface area contributed by atoms with Crippen LogP contribution in [-0.2, 0) is 0 Å². The van der Waals surface area contributed by atoms with Gasteiger partial charge in [-0.25, -0.2) is 14.8 Å². The van der Waals surface area contributed by atoms with Crippen molar-refractivity contribution >= 4 is 34.5 Å². The predicted octanol–water partition coefficient (Wildman–Crippen LogP) is 4.43. The van der Waals surface area contributed by atoms with E-state index in [1.54, 1.807) is 38.6 Å². The molecule has 0 radical (unpaired) electrons. The van der Waals surface area contributed by atoms with E-state index in [9.17, 15) is 4.79 Å². The van der Waals surface area contributed by atoms with Gasteiger partial charge in [-0.2, -0.15) is 4.98 Å². The highest BCUT2D eigenvalue weighted by Crippen LogP contribution is 2.38. The zero-order valence-electron chi connectivity index (χ0n) is 22.9. The minimum absolute atomic E-state index is 0.242. The summed E-state index contributed by atoms with van der Waals surface area (Å²) in [5.74, 6) is 2.97. The summed E-state index contributed by atoms with van der Waals surface area (Å²) < 4.78 is 22.1. The van der Waals surface area contributed by atoms with Gasteiger partial charge in [0.05, 0.1) is 20.8 Å². The Bertz CT molecular complexity index is 1570. The molecule has 0 bridgehead atoms. The van der Waals surface area contributed by atoms with Gasteiger partial charge >= 0.3 is 6.03 Å². The zero-order chi connectivity index (χ0) is 28.4. The van der Waals surface area contributed by atoms with E-state index >= 15 is 0 Å². The second kappa shape index (κ2) is 10.7. The Morgan fingerprint density at radius 1 is 1.00 bits per heavy atom. The molecule has 3 heterocycles. The molecule has 1 atom stereocenters. The van der Waals surface area contributed by atoms with Crippen LogP contribution < -0.4 is 40.6 Å². The average Bonchev–Trinajstić information content (AvgIpc) is 3.34. The maximum absolute atomic E-state index is 12.8. The summed E-state index contributed by atoms with van der Waals surface area (Å²) in [5, 5.41) is 9.61. The third-order valence-electron chi connectivity index (χ3n) is 5.89. The molecule has 0 spiro atoms. The molecule has 0 fully saturated rings. The van der Waals surface area contributed by atoms with Crippen LogP contribution in [0.5, 0.6) is 23.0 Å². The van der Waals surface area contributed by atoms with Gasteiger partial charge in [-0.15, -0.1) is 0 Å². The molecule has 2 aromatic carbocycles. The van der Waals surface area contributed by atoms with Crippen LogP contribution in [0.2, 0.25) is 0 Å². The van der Waals surface area contributed by atoms with Crippen LogP contribution in [-0.4, -0.2) is 53.6 Å². The van der Waals surface area contributed by atoms with Gasteiger partial charge in [0.1, 0.15) is 5.82 Å². The highest BCUT2D eigenvalue weighted by atomic mass is 16.7. The lowest BCUT2D eigenvalue weighted by molar-refractivity contribution is 0.0581. The Labute approximate surface area is 231 Å². The topological polar surface area (TPSA) is 155 Å². The number of rotatable bonds is 7.